The van der Waals surface area contributed by atoms with Gasteiger partial charge < -0.3 is 19.9 Å². The molecule has 0 spiro atoms. The first-order valence-corrected chi connectivity index (χ1v) is 11.7. The number of benzene rings is 1. The van der Waals surface area contributed by atoms with Crippen LogP contribution in [0.25, 0.3) is 0 Å². The maximum Gasteiger partial charge on any atom is 0.191 e. The first kappa shape index (κ1) is 23.1. The van der Waals surface area contributed by atoms with Crippen LogP contribution in [0.15, 0.2) is 29.3 Å². The van der Waals surface area contributed by atoms with E-state index in [4.69, 9.17) is 9.73 Å². The van der Waals surface area contributed by atoms with Crippen molar-refractivity contribution in [1.82, 2.24) is 25.4 Å². The second kappa shape index (κ2) is 12.3. The first-order valence-electron chi connectivity index (χ1n) is 11.7. The van der Waals surface area contributed by atoms with E-state index in [0.717, 1.165) is 48.8 Å². The highest BCUT2D eigenvalue weighted by Gasteiger charge is 2.12. The molecule has 0 bridgehead atoms. The van der Waals surface area contributed by atoms with Crippen LogP contribution in [-0.2, 0) is 20.0 Å². The van der Waals surface area contributed by atoms with E-state index in [1.807, 2.05) is 30.7 Å². The summed E-state index contributed by atoms with van der Waals surface area (Å²) in [6, 6.07) is 8.23. The fourth-order valence-corrected chi connectivity index (χ4v) is 4.10. The van der Waals surface area contributed by atoms with Crippen LogP contribution in [0.4, 0.5) is 0 Å². The van der Waals surface area contributed by atoms with E-state index in [-0.39, 0.29) is 0 Å². The molecule has 1 aromatic heterocycles. The van der Waals surface area contributed by atoms with Crippen LogP contribution in [0.2, 0.25) is 0 Å². The Balaban J connectivity index is 1.49. The van der Waals surface area contributed by atoms with E-state index in [9.17, 15) is 0 Å². The molecule has 0 unspecified atom stereocenters. The van der Waals surface area contributed by atoms with Crippen LogP contribution in [0.3, 0.4) is 0 Å². The van der Waals surface area contributed by atoms with Crippen LogP contribution in [0.1, 0.15) is 62.2 Å². The molecule has 0 radical (unpaired) electrons. The molecule has 1 aromatic carbocycles. The molecule has 1 aliphatic carbocycles. The van der Waals surface area contributed by atoms with E-state index >= 15 is 0 Å². The third-order valence-electron chi connectivity index (χ3n) is 6.23. The fourth-order valence-electron chi connectivity index (χ4n) is 4.10. The van der Waals surface area contributed by atoms with Gasteiger partial charge in [0.15, 0.2) is 11.8 Å². The molecule has 2 aromatic rings. The predicted molar refractivity (Wildman–Crippen MR) is 125 cm³/mol. The van der Waals surface area contributed by atoms with Crippen molar-refractivity contribution >= 4 is 5.96 Å². The van der Waals surface area contributed by atoms with Crippen LogP contribution in [-0.4, -0.2) is 40.9 Å². The molecule has 1 heterocycles. The van der Waals surface area contributed by atoms with Gasteiger partial charge in [0.1, 0.15) is 18.1 Å². The SMILES string of the molecule is COc1ccc(CCNC(=NCc2nnc(C)n2C)NCCCC2CCCCC2)cc1. The zero-order valence-electron chi connectivity index (χ0n) is 19.4. The lowest BCUT2D eigenvalue weighted by molar-refractivity contribution is 0.332. The molecule has 170 valence electrons. The lowest BCUT2D eigenvalue weighted by Crippen LogP contribution is -2.39. The number of methoxy groups -OCH3 is 1. The lowest BCUT2D eigenvalue weighted by atomic mass is 9.86. The van der Waals surface area contributed by atoms with Crippen molar-refractivity contribution in [2.45, 2.75) is 64.8 Å². The van der Waals surface area contributed by atoms with Gasteiger partial charge in [-0.3, -0.25) is 0 Å². The minimum absolute atomic E-state index is 0.512. The van der Waals surface area contributed by atoms with Crippen molar-refractivity contribution in [3.63, 3.8) is 0 Å². The van der Waals surface area contributed by atoms with Crippen LogP contribution in [0, 0.1) is 12.8 Å². The summed E-state index contributed by atoms with van der Waals surface area (Å²) in [5.74, 6) is 4.42. The van der Waals surface area contributed by atoms with E-state index < -0.39 is 0 Å². The molecule has 31 heavy (non-hydrogen) atoms. The summed E-state index contributed by atoms with van der Waals surface area (Å²) in [4.78, 5) is 4.76. The summed E-state index contributed by atoms with van der Waals surface area (Å²) in [6.07, 6.45) is 10.5. The number of hydrogen-bond donors (Lipinski definition) is 2. The van der Waals surface area contributed by atoms with Gasteiger partial charge in [-0.1, -0.05) is 44.2 Å². The van der Waals surface area contributed by atoms with Gasteiger partial charge in [-0.05, 0) is 49.8 Å². The Morgan fingerprint density at radius 1 is 1.10 bits per heavy atom. The molecule has 0 amide bonds. The topological polar surface area (TPSA) is 76.4 Å². The summed E-state index contributed by atoms with van der Waals surface area (Å²) in [5.41, 5.74) is 1.27. The van der Waals surface area contributed by atoms with Crippen molar-refractivity contribution in [2.24, 2.45) is 18.0 Å². The molecule has 7 nitrogen and oxygen atoms in total. The highest BCUT2D eigenvalue weighted by atomic mass is 16.5. The number of aliphatic imine (C=N–C) groups is 1. The number of hydrogen-bond acceptors (Lipinski definition) is 4. The molecule has 7 heteroatoms. The number of nitrogens with one attached hydrogen (secondary N) is 2. The Bertz CT molecular complexity index is 808. The quantitative estimate of drug-likeness (QED) is 0.344. The Morgan fingerprint density at radius 2 is 1.84 bits per heavy atom. The second-order valence-electron chi connectivity index (χ2n) is 8.49. The standard InChI is InChI=1S/C24H38N6O/c1-19-28-29-23(30(19)2)18-27-24(25-16-7-10-20-8-5-4-6-9-20)26-17-15-21-11-13-22(31-3)14-12-21/h11-14,20H,4-10,15-18H2,1-3H3,(H2,25,26,27). The average Bonchev–Trinajstić information content (AvgIpc) is 3.13. The number of guanidine groups is 1. The zero-order valence-corrected chi connectivity index (χ0v) is 19.4. The number of nitrogens with zero attached hydrogens (tertiary/aromatic N) is 4. The van der Waals surface area contributed by atoms with Crippen molar-refractivity contribution in [1.29, 1.82) is 0 Å². The molecular weight excluding hydrogens is 388 g/mol. The molecule has 1 saturated carbocycles. The van der Waals surface area contributed by atoms with Crippen LogP contribution >= 0.6 is 0 Å². The third kappa shape index (κ3) is 7.56. The van der Waals surface area contributed by atoms with Crippen LogP contribution in [0.5, 0.6) is 5.75 Å². The Labute approximate surface area is 186 Å². The lowest BCUT2D eigenvalue weighted by Gasteiger charge is -2.21. The monoisotopic (exact) mass is 426 g/mol. The van der Waals surface area contributed by atoms with Gasteiger partial charge in [-0.25, -0.2) is 4.99 Å². The number of ether oxygens (including phenoxy) is 1. The normalized spacial score (nSPS) is 15.1. The smallest absolute Gasteiger partial charge is 0.191 e. The molecule has 3 rings (SSSR count). The van der Waals surface area contributed by atoms with Gasteiger partial charge in [-0.15, -0.1) is 10.2 Å². The Morgan fingerprint density at radius 3 is 2.52 bits per heavy atom. The Hall–Kier alpha value is -2.57. The van der Waals surface area contributed by atoms with Gasteiger partial charge in [0, 0.05) is 20.1 Å². The molecule has 2 N–H and O–H groups in total. The summed E-state index contributed by atoms with van der Waals surface area (Å²) >= 11 is 0. The van der Waals surface area contributed by atoms with E-state index in [1.165, 1.54) is 50.5 Å². The van der Waals surface area contributed by atoms with Crippen molar-refractivity contribution in [3.8, 4) is 5.75 Å². The summed E-state index contributed by atoms with van der Waals surface area (Å²) in [6.45, 7) is 4.23. The minimum Gasteiger partial charge on any atom is -0.497 e. The van der Waals surface area contributed by atoms with Gasteiger partial charge >= 0.3 is 0 Å². The van der Waals surface area contributed by atoms with E-state index in [0.29, 0.717) is 6.54 Å². The van der Waals surface area contributed by atoms with E-state index in [1.54, 1.807) is 7.11 Å². The maximum atomic E-state index is 5.24. The maximum absolute atomic E-state index is 5.24. The second-order valence-corrected chi connectivity index (χ2v) is 8.49. The number of aryl methyl sites for hydroxylation is 1. The molecule has 1 aliphatic rings. The zero-order chi connectivity index (χ0) is 21.9. The van der Waals surface area contributed by atoms with Gasteiger partial charge in [0.05, 0.1) is 7.11 Å². The molecular formula is C24H38N6O. The molecule has 0 aliphatic heterocycles. The first-order chi connectivity index (χ1) is 15.2. The van der Waals surface area contributed by atoms with Crippen molar-refractivity contribution in [3.05, 3.63) is 41.5 Å². The molecule has 1 fully saturated rings. The van der Waals surface area contributed by atoms with Crippen molar-refractivity contribution in [2.75, 3.05) is 20.2 Å². The van der Waals surface area contributed by atoms with Crippen molar-refractivity contribution < 1.29 is 4.74 Å². The highest BCUT2D eigenvalue weighted by molar-refractivity contribution is 5.79. The minimum atomic E-state index is 0.512. The number of aromatic nitrogens is 3. The molecule has 0 saturated heterocycles. The molecule has 0 atom stereocenters. The van der Waals surface area contributed by atoms with E-state index in [2.05, 4.69) is 33.0 Å². The third-order valence-corrected chi connectivity index (χ3v) is 6.23. The predicted octanol–water partition coefficient (Wildman–Crippen LogP) is 3.77. The Kier molecular flexibility index (Phi) is 9.18. The van der Waals surface area contributed by atoms with Gasteiger partial charge in [0.25, 0.3) is 0 Å². The average molecular weight is 427 g/mol. The van der Waals surface area contributed by atoms with Crippen LogP contribution < -0.4 is 15.4 Å². The summed E-state index contributed by atoms with van der Waals surface area (Å²) in [5, 5.41) is 15.4. The van der Waals surface area contributed by atoms with Gasteiger partial charge in [-0.2, -0.15) is 0 Å². The highest BCUT2D eigenvalue weighted by Crippen LogP contribution is 2.26. The summed E-state index contributed by atoms with van der Waals surface area (Å²) < 4.78 is 7.23. The number of rotatable bonds is 10. The largest absolute Gasteiger partial charge is 0.497 e. The summed E-state index contributed by atoms with van der Waals surface area (Å²) in [7, 11) is 3.67. The van der Waals surface area contributed by atoms with Gasteiger partial charge in [0.2, 0.25) is 0 Å². The fraction of sp³-hybridized carbons (Fsp3) is 0.625.